The largest absolute Gasteiger partial charge is 0.310 e. The fraction of sp³-hybridized carbons (Fsp3) is 0.0164. The van der Waals surface area contributed by atoms with Crippen molar-refractivity contribution in [3.8, 4) is 55.6 Å². The van der Waals surface area contributed by atoms with Crippen LogP contribution in [-0.4, -0.2) is 0 Å². The molecule has 2 aliphatic carbocycles. The van der Waals surface area contributed by atoms with Gasteiger partial charge < -0.3 is 4.90 Å². The molecular formula is C61H39NS. The van der Waals surface area contributed by atoms with Crippen molar-refractivity contribution in [2.24, 2.45) is 0 Å². The van der Waals surface area contributed by atoms with Crippen LogP contribution in [-0.2, 0) is 5.41 Å². The van der Waals surface area contributed by atoms with Crippen LogP contribution in [0.15, 0.2) is 237 Å². The van der Waals surface area contributed by atoms with Gasteiger partial charge in [0.05, 0.1) is 11.1 Å². The molecule has 13 rings (SSSR count). The van der Waals surface area contributed by atoms with Gasteiger partial charge in [-0.1, -0.05) is 194 Å². The lowest BCUT2D eigenvalue weighted by Crippen LogP contribution is -2.25. The van der Waals surface area contributed by atoms with Gasteiger partial charge in [0.1, 0.15) is 0 Å². The molecule has 0 radical (unpaired) electrons. The number of fused-ring (bicyclic) bond motifs is 13. The Morgan fingerprint density at radius 1 is 0.317 bits per heavy atom. The zero-order valence-electron chi connectivity index (χ0n) is 34.4. The van der Waals surface area contributed by atoms with Crippen LogP contribution in [0.5, 0.6) is 0 Å². The van der Waals surface area contributed by atoms with Gasteiger partial charge >= 0.3 is 0 Å². The summed E-state index contributed by atoms with van der Waals surface area (Å²) < 4.78 is 2.58. The summed E-state index contributed by atoms with van der Waals surface area (Å²) in [6.07, 6.45) is 0. The average molecular weight is 818 g/mol. The van der Waals surface area contributed by atoms with E-state index >= 15 is 0 Å². The Morgan fingerprint density at radius 3 is 1.40 bits per heavy atom. The SMILES string of the molecule is c1ccc(-c2ccc(-c3c(N(c4ccc(-c5ccccc5)cc4)c4ccc5c(c4)-c4ccccc4C54c5ccccc5-c5ccccc54)ccc4sc5ccccc5c34)cc2)cc1. The molecule has 1 spiro atoms. The first kappa shape index (κ1) is 35.9. The summed E-state index contributed by atoms with van der Waals surface area (Å²) in [5, 5.41) is 2.57. The second-order valence-electron chi connectivity index (χ2n) is 16.7. The highest BCUT2D eigenvalue weighted by atomic mass is 32.1. The third-order valence-electron chi connectivity index (χ3n) is 13.5. The molecule has 63 heavy (non-hydrogen) atoms. The highest BCUT2D eigenvalue weighted by molar-refractivity contribution is 7.26. The van der Waals surface area contributed by atoms with E-state index in [1.54, 1.807) is 0 Å². The van der Waals surface area contributed by atoms with E-state index in [1.807, 2.05) is 11.3 Å². The maximum atomic E-state index is 2.51. The molecule has 11 aromatic rings. The molecule has 0 unspecified atom stereocenters. The molecule has 0 aliphatic heterocycles. The number of benzene rings is 10. The van der Waals surface area contributed by atoms with Gasteiger partial charge in [-0.05, 0) is 115 Å². The number of hydrogen-bond acceptors (Lipinski definition) is 2. The maximum absolute atomic E-state index is 2.51. The summed E-state index contributed by atoms with van der Waals surface area (Å²) in [6, 6.07) is 87.8. The van der Waals surface area contributed by atoms with Crippen LogP contribution in [0.1, 0.15) is 22.3 Å². The zero-order chi connectivity index (χ0) is 41.5. The second kappa shape index (κ2) is 14.1. The van der Waals surface area contributed by atoms with Gasteiger partial charge in [-0.25, -0.2) is 0 Å². The standard InChI is InChI=1S/C61H39NS/c1-3-15-40(16-4-1)42-27-29-44(30-28-42)59-56(37-38-58-60(59)50-22-10-14-26-57(50)63-58)62(45-33-31-43(32-34-45)41-17-5-2-6-18-41)46-35-36-55-51(39-46)49-21-9-13-25-54(49)61(55)52-23-11-7-19-47(52)48-20-8-12-24-53(48)61/h1-39H. The first-order valence-electron chi connectivity index (χ1n) is 21.8. The number of hydrogen-bond donors (Lipinski definition) is 0. The van der Waals surface area contributed by atoms with Crippen molar-refractivity contribution in [2.75, 3.05) is 4.90 Å². The predicted molar refractivity (Wildman–Crippen MR) is 267 cm³/mol. The van der Waals surface area contributed by atoms with Gasteiger partial charge in [0, 0.05) is 37.1 Å². The normalized spacial score (nSPS) is 12.9. The molecule has 1 heterocycles. The molecule has 2 aliphatic rings. The third-order valence-corrected chi connectivity index (χ3v) is 14.7. The Bertz CT molecular complexity index is 3500. The lowest BCUT2D eigenvalue weighted by atomic mass is 9.70. The minimum atomic E-state index is -0.403. The molecule has 1 aromatic heterocycles. The quantitative estimate of drug-likeness (QED) is 0.162. The summed E-state index contributed by atoms with van der Waals surface area (Å²) in [5.41, 5.74) is 20.8. The van der Waals surface area contributed by atoms with Crippen molar-refractivity contribution >= 4 is 48.6 Å². The Labute approximate surface area is 371 Å². The lowest BCUT2D eigenvalue weighted by Gasteiger charge is -2.32. The fourth-order valence-electron chi connectivity index (χ4n) is 10.8. The minimum absolute atomic E-state index is 0.403. The van der Waals surface area contributed by atoms with Crippen molar-refractivity contribution < 1.29 is 0 Å². The van der Waals surface area contributed by atoms with Gasteiger partial charge in [-0.15, -0.1) is 11.3 Å². The highest BCUT2D eigenvalue weighted by Crippen LogP contribution is 2.63. The summed E-state index contributed by atoms with van der Waals surface area (Å²) in [6.45, 7) is 0. The second-order valence-corrected chi connectivity index (χ2v) is 17.8. The van der Waals surface area contributed by atoms with Gasteiger partial charge in [0.2, 0.25) is 0 Å². The molecule has 10 aromatic carbocycles. The van der Waals surface area contributed by atoms with Crippen LogP contribution in [0.25, 0.3) is 75.8 Å². The maximum Gasteiger partial charge on any atom is 0.0725 e. The van der Waals surface area contributed by atoms with Crippen molar-refractivity contribution in [1.82, 2.24) is 0 Å². The van der Waals surface area contributed by atoms with Crippen LogP contribution < -0.4 is 4.90 Å². The molecular weight excluding hydrogens is 779 g/mol. The van der Waals surface area contributed by atoms with Crippen LogP contribution >= 0.6 is 11.3 Å². The summed E-state index contributed by atoms with van der Waals surface area (Å²) in [7, 11) is 0. The number of nitrogens with zero attached hydrogens (tertiary/aromatic N) is 1. The van der Waals surface area contributed by atoms with E-state index in [0.29, 0.717) is 0 Å². The average Bonchev–Trinajstić information content (AvgIpc) is 3.99. The van der Waals surface area contributed by atoms with Gasteiger partial charge in [-0.2, -0.15) is 0 Å². The van der Waals surface area contributed by atoms with Gasteiger partial charge in [0.25, 0.3) is 0 Å². The molecule has 0 atom stereocenters. The van der Waals surface area contributed by atoms with E-state index in [2.05, 4.69) is 241 Å². The van der Waals surface area contributed by atoms with Crippen molar-refractivity contribution in [2.45, 2.75) is 5.41 Å². The predicted octanol–water partition coefficient (Wildman–Crippen LogP) is 16.9. The summed E-state index contributed by atoms with van der Waals surface area (Å²) in [5.74, 6) is 0. The van der Waals surface area contributed by atoms with E-state index < -0.39 is 5.41 Å². The number of thiophene rings is 1. The van der Waals surface area contributed by atoms with E-state index in [9.17, 15) is 0 Å². The monoisotopic (exact) mass is 817 g/mol. The molecule has 0 amide bonds. The first-order chi connectivity index (χ1) is 31.3. The number of anilines is 3. The third kappa shape index (κ3) is 5.35. The van der Waals surface area contributed by atoms with Gasteiger partial charge in [-0.3, -0.25) is 0 Å². The molecule has 0 saturated heterocycles. The Morgan fingerprint density at radius 2 is 0.778 bits per heavy atom. The van der Waals surface area contributed by atoms with E-state index in [4.69, 9.17) is 0 Å². The highest BCUT2D eigenvalue weighted by Gasteiger charge is 2.51. The Hall–Kier alpha value is -7.78. The van der Waals surface area contributed by atoms with Crippen LogP contribution in [0.2, 0.25) is 0 Å². The Balaban J connectivity index is 1.07. The minimum Gasteiger partial charge on any atom is -0.310 e. The van der Waals surface area contributed by atoms with Crippen LogP contribution in [0.3, 0.4) is 0 Å². The molecule has 2 heteroatoms. The first-order valence-corrected chi connectivity index (χ1v) is 22.6. The van der Waals surface area contributed by atoms with Crippen molar-refractivity contribution in [3.05, 3.63) is 259 Å². The van der Waals surface area contributed by atoms with Crippen molar-refractivity contribution in [3.63, 3.8) is 0 Å². The molecule has 0 N–H and O–H groups in total. The van der Waals surface area contributed by atoms with E-state index in [0.717, 1.165) is 17.1 Å². The number of rotatable bonds is 6. The smallest absolute Gasteiger partial charge is 0.0725 e. The van der Waals surface area contributed by atoms with Crippen LogP contribution in [0, 0.1) is 0 Å². The van der Waals surface area contributed by atoms with E-state index in [-0.39, 0.29) is 0 Å². The van der Waals surface area contributed by atoms with E-state index in [1.165, 1.54) is 98.1 Å². The summed E-state index contributed by atoms with van der Waals surface area (Å²) in [4.78, 5) is 2.51. The molecule has 0 bridgehead atoms. The topological polar surface area (TPSA) is 3.24 Å². The Kier molecular flexibility index (Phi) is 8.06. The molecule has 0 fully saturated rings. The lowest BCUT2D eigenvalue weighted by molar-refractivity contribution is 0.794. The zero-order valence-corrected chi connectivity index (χ0v) is 35.2. The molecule has 0 saturated carbocycles. The van der Waals surface area contributed by atoms with Gasteiger partial charge in [0.15, 0.2) is 0 Å². The van der Waals surface area contributed by atoms with Crippen LogP contribution in [0.4, 0.5) is 17.1 Å². The fourth-order valence-corrected chi connectivity index (χ4v) is 11.9. The molecule has 294 valence electrons. The molecule has 1 nitrogen and oxygen atoms in total. The van der Waals surface area contributed by atoms with Crippen molar-refractivity contribution in [1.29, 1.82) is 0 Å². The summed E-state index contributed by atoms with van der Waals surface area (Å²) >= 11 is 1.87.